The van der Waals surface area contributed by atoms with Gasteiger partial charge in [-0.25, -0.2) is 0 Å². The average Bonchev–Trinajstić information content (AvgIpc) is 3.25. The maximum Gasteiger partial charge on any atom is 0.310 e. The van der Waals surface area contributed by atoms with Crippen LogP contribution in [-0.2, 0) is 16.1 Å². The van der Waals surface area contributed by atoms with Crippen LogP contribution < -0.4 is 10.1 Å². The Morgan fingerprint density at radius 1 is 1.03 bits per heavy atom. The summed E-state index contributed by atoms with van der Waals surface area (Å²) in [6.07, 6.45) is 1.46. The van der Waals surface area contributed by atoms with E-state index in [0.29, 0.717) is 11.4 Å². The Morgan fingerprint density at radius 3 is 2.47 bits per heavy atom. The Balaban J connectivity index is 1.67. The number of nitrogens with zero attached hydrogens (tertiary/aromatic N) is 2. The number of hydrogen-bond donors (Lipinski definition) is 1. The molecule has 0 aliphatic rings. The molecule has 9 nitrogen and oxygen atoms in total. The monoisotopic (exact) mass is 409 g/mol. The van der Waals surface area contributed by atoms with Gasteiger partial charge in [-0.2, -0.15) is 0 Å². The fourth-order valence-corrected chi connectivity index (χ4v) is 2.68. The number of carbonyl (C=O) groups excluding carboxylic acids is 2. The first-order chi connectivity index (χ1) is 14.5. The van der Waals surface area contributed by atoms with E-state index < -0.39 is 23.3 Å². The van der Waals surface area contributed by atoms with Gasteiger partial charge in [0.2, 0.25) is 5.91 Å². The predicted octanol–water partition coefficient (Wildman–Crippen LogP) is 3.23. The van der Waals surface area contributed by atoms with Crippen LogP contribution in [0.1, 0.15) is 5.76 Å². The van der Waals surface area contributed by atoms with E-state index in [4.69, 9.17) is 9.15 Å². The quantitative estimate of drug-likeness (QED) is 0.429. The van der Waals surface area contributed by atoms with Crippen molar-refractivity contribution in [2.45, 2.75) is 6.54 Å². The van der Waals surface area contributed by atoms with Crippen LogP contribution in [0.5, 0.6) is 5.75 Å². The first kappa shape index (κ1) is 20.6. The largest absolute Gasteiger partial charge is 0.477 e. The van der Waals surface area contributed by atoms with Gasteiger partial charge in [0.25, 0.3) is 5.91 Å². The van der Waals surface area contributed by atoms with Crippen LogP contribution in [-0.4, -0.2) is 34.8 Å². The lowest BCUT2D eigenvalue weighted by Gasteiger charge is -2.21. The lowest BCUT2D eigenvalue weighted by Crippen LogP contribution is -2.40. The fourth-order valence-electron chi connectivity index (χ4n) is 2.68. The van der Waals surface area contributed by atoms with E-state index >= 15 is 0 Å². The van der Waals surface area contributed by atoms with Crippen molar-refractivity contribution in [2.75, 3.05) is 18.5 Å². The normalized spacial score (nSPS) is 10.3. The molecule has 3 aromatic rings. The number of para-hydroxylation sites is 3. The molecule has 0 radical (unpaired) electrons. The second-order valence-corrected chi connectivity index (χ2v) is 6.26. The second-order valence-electron chi connectivity index (χ2n) is 6.26. The highest BCUT2D eigenvalue weighted by Gasteiger charge is 2.21. The molecular weight excluding hydrogens is 390 g/mol. The molecule has 1 aromatic heterocycles. The highest BCUT2D eigenvalue weighted by Crippen LogP contribution is 2.25. The Kier molecular flexibility index (Phi) is 6.78. The zero-order valence-corrected chi connectivity index (χ0v) is 15.9. The number of benzene rings is 2. The molecular formula is C21H19N3O6. The molecule has 2 aromatic carbocycles. The predicted molar refractivity (Wildman–Crippen MR) is 108 cm³/mol. The van der Waals surface area contributed by atoms with Crippen LogP contribution in [0.25, 0.3) is 0 Å². The van der Waals surface area contributed by atoms with Gasteiger partial charge < -0.3 is 19.4 Å². The molecule has 0 aliphatic heterocycles. The van der Waals surface area contributed by atoms with E-state index in [1.54, 1.807) is 42.5 Å². The number of furan rings is 1. The maximum atomic E-state index is 12.7. The number of nitro benzene ring substituents is 1. The van der Waals surface area contributed by atoms with Crippen molar-refractivity contribution in [3.8, 4) is 5.75 Å². The first-order valence-corrected chi connectivity index (χ1v) is 9.04. The Bertz CT molecular complexity index is 1000. The standard InChI is InChI=1S/C21H19N3O6/c25-20(22-16-7-2-1-3-8-16)14-23(13-17-9-6-12-29-17)21(26)15-30-19-11-5-4-10-18(19)24(27)28/h1-12H,13-15H2,(H,22,25). The summed E-state index contributed by atoms with van der Waals surface area (Å²) in [4.78, 5) is 36.9. The zero-order valence-electron chi connectivity index (χ0n) is 15.9. The summed E-state index contributed by atoms with van der Waals surface area (Å²) in [5, 5.41) is 13.8. The van der Waals surface area contributed by atoms with Gasteiger partial charge in [-0.1, -0.05) is 30.3 Å². The van der Waals surface area contributed by atoms with Gasteiger partial charge in [0, 0.05) is 11.8 Å². The number of nitrogens with one attached hydrogen (secondary N) is 1. The molecule has 0 bridgehead atoms. The summed E-state index contributed by atoms with van der Waals surface area (Å²) in [6.45, 7) is -0.660. The molecule has 3 rings (SSSR count). The van der Waals surface area contributed by atoms with Gasteiger partial charge in [-0.3, -0.25) is 19.7 Å². The van der Waals surface area contributed by atoms with Crippen molar-refractivity contribution < 1.29 is 23.7 Å². The molecule has 2 amide bonds. The lowest BCUT2D eigenvalue weighted by atomic mass is 10.3. The molecule has 0 aliphatic carbocycles. The highest BCUT2D eigenvalue weighted by molar-refractivity contribution is 5.94. The number of nitro groups is 1. The molecule has 1 heterocycles. The number of carbonyl (C=O) groups is 2. The molecule has 0 fully saturated rings. The van der Waals surface area contributed by atoms with Crippen LogP contribution in [0.2, 0.25) is 0 Å². The Morgan fingerprint density at radius 2 is 1.77 bits per heavy atom. The van der Waals surface area contributed by atoms with Crippen molar-refractivity contribution in [2.24, 2.45) is 0 Å². The topological polar surface area (TPSA) is 115 Å². The summed E-state index contributed by atoms with van der Waals surface area (Å²) >= 11 is 0. The van der Waals surface area contributed by atoms with Gasteiger partial charge in [0.05, 0.1) is 17.7 Å². The fraction of sp³-hybridized carbons (Fsp3) is 0.143. The molecule has 154 valence electrons. The lowest BCUT2D eigenvalue weighted by molar-refractivity contribution is -0.385. The minimum atomic E-state index is -0.590. The number of anilines is 1. The van der Waals surface area contributed by atoms with E-state index in [2.05, 4.69) is 5.32 Å². The van der Waals surface area contributed by atoms with Gasteiger partial charge in [0.1, 0.15) is 12.3 Å². The number of ether oxygens (including phenoxy) is 1. The van der Waals surface area contributed by atoms with E-state index in [9.17, 15) is 19.7 Å². The summed E-state index contributed by atoms with van der Waals surface area (Å²) in [5.74, 6) is -0.455. The number of hydrogen-bond acceptors (Lipinski definition) is 6. The molecule has 1 N–H and O–H groups in total. The third-order valence-corrected chi connectivity index (χ3v) is 4.08. The van der Waals surface area contributed by atoms with Crippen molar-refractivity contribution >= 4 is 23.2 Å². The van der Waals surface area contributed by atoms with Gasteiger partial charge >= 0.3 is 5.69 Å². The molecule has 30 heavy (non-hydrogen) atoms. The zero-order chi connectivity index (χ0) is 21.3. The third kappa shape index (κ3) is 5.68. The van der Waals surface area contributed by atoms with Crippen molar-refractivity contribution in [1.29, 1.82) is 0 Å². The van der Waals surface area contributed by atoms with E-state index in [1.807, 2.05) is 6.07 Å². The molecule has 0 atom stereocenters. The Labute approximate surface area is 172 Å². The van der Waals surface area contributed by atoms with Crippen molar-refractivity contribution in [3.63, 3.8) is 0 Å². The van der Waals surface area contributed by atoms with Gasteiger partial charge in [-0.15, -0.1) is 0 Å². The number of amides is 2. The van der Waals surface area contributed by atoms with Gasteiger partial charge in [-0.05, 0) is 30.3 Å². The summed E-state index contributed by atoms with van der Waals surface area (Å²) in [5.41, 5.74) is 0.355. The first-order valence-electron chi connectivity index (χ1n) is 9.04. The smallest absolute Gasteiger partial charge is 0.310 e. The minimum absolute atomic E-state index is 0.0254. The minimum Gasteiger partial charge on any atom is -0.477 e. The van der Waals surface area contributed by atoms with Gasteiger partial charge in [0.15, 0.2) is 12.4 Å². The van der Waals surface area contributed by atoms with Crippen molar-refractivity contribution in [1.82, 2.24) is 4.90 Å². The van der Waals surface area contributed by atoms with E-state index in [-0.39, 0.29) is 24.5 Å². The summed E-state index contributed by atoms with van der Waals surface area (Å²) < 4.78 is 10.6. The second kappa shape index (κ2) is 9.87. The maximum absolute atomic E-state index is 12.7. The number of rotatable bonds is 9. The molecule has 0 unspecified atom stereocenters. The molecule has 0 spiro atoms. The van der Waals surface area contributed by atoms with Crippen LogP contribution >= 0.6 is 0 Å². The molecule has 0 saturated carbocycles. The van der Waals surface area contributed by atoms with E-state index in [1.165, 1.54) is 29.4 Å². The van der Waals surface area contributed by atoms with Crippen LogP contribution in [0.4, 0.5) is 11.4 Å². The van der Waals surface area contributed by atoms with Crippen LogP contribution in [0.3, 0.4) is 0 Å². The molecule has 9 heteroatoms. The van der Waals surface area contributed by atoms with Crippen LogP contribution in [0.15, 0.2) is 77.4 Å². The Hall–Kier alpha value is -4.14. The average molecular weight is 409 g/mol. The third-order valence-electron chi connectivity index (χ3n) is 4.08. The highest BCUT2D eigenvalue weighted by atomic mass is 16.6. The van der Waals surface area contributed by atoms with E-state index in [0.717, 1.165) is 0 Å². The van der Waals surface area contributed by atoms with Crippen molar-refractivity contribution in [3.05, 3.63) is 88.9 Å². The van der Waals surface area contributed by atoms with Crippen LogP contribution in [0, 0.1) is 10.1 Å². The molecule has 0 saturated heterocycles. The summed E-state index contributed by atoms with van der Waals surface area (Å²) in [7, 11) is 0. The summed E-state index contributed by atoms with van der Waals surface area (Å²) in [6, 6.07) is 18.0. The SMILES string of the molecule is O=C(CN(Cc1ccco1)C(=O)COc1ccccc1[N+](=O)[O-])Nc1ccccc1.